The summed E-state index contributed by atoms with van der Waals surface area (Å²) in [6.07, 6.45) is 3.54. The van der Waals surface area contributed by atoms with Crippen molar-refractivity contribution >= 4 is 23.7 Å². The number of nitrogens with one attached hydrogen (secondary N) is 4. The van der Waals surface area contributed by atoms with Gasteiger partial charge in [-0.2, -0.15) is 0 Å². The number of benzene rings is 2. The maximum atomic E-state index is 13.5. The lowest BCUT2D eigenvalue weighted by molar-refractivity contribution is -0.142. The summed E-state index contributed by atoms with van der Waals surface area (Å²) in [6.45, 7) is 3.78. The second kappa shape index (κ2) is 15.3. The fraction of sp³-hybridized carbons (Fsp3) is 0.367. The number of hydrogen-bond acceptors (Lipinski definition) is 7. The van der Waals surface area contributed by atoms with Gasteiger partial charge in [0.05, 0.1) is 12.4 Å². The Morgan fingerprint density at radius 1 is 0.810 bits per heavy atom. The molecule has 0 aliphatic rings. The predicted octanol–water partition coefficient (Wildman–Crippen LogP) is 1.06. The molecule has 4 unspecified atom stereocenters. The summed E-state index contributed by atoms with van der Waals surface area (Å²) in [5.41, 5.74) is 8.07. The van der Waals surface area contributed by atoms with Gasteiger partial charge in [0.1, 0.15) is 23.9 Å². The van der Waals surface area contributed by atoms with Gasteiger partial charge in [-0.1, -0.05) is 56.3 Å². The highest BCUT2D eigenvalue weighted by atomic mass is 16.4. The van der Waals surface area contributed by atoms with Crippen molar-refractivity contribution in [1.82, 2.24) is 25.9 Å². The number of carboxylic acid groups (broad SMARTS) is 1. The first kappa shape index (κ1) is 31.8. The van der Waals surface area contributed by atoms with Gasteiger partial charge in [0, 0.05) is 31.2 Å². The average molecular weight is 579 g/mol. The van der Waals surface area contributed by atoms with Gasteiger partial charge in [0.15, 0.2) is 0 Å². The summed E-state index contributed by atoms with van der Waals surface area (Å²) in [6, 6.07) is 10.6. The number of aliphatic carboxylic acids is 1. The highest BCUT2D eigenvalue weighted by molar-refractivity contribution is 5.94. The van der Waals surface area contributed by atoms with E-state index in [1.807, 2.05) is 13.8 Å². The molecule has 8 N–H and O–H groups in total. The SMILES string of the molecule is CC(C)CC(NC(=O)C(N)Cc1cnc[nH]1)C(=O)NC(Cc1ccc(O)cc1)C(=O)NC(Cc1ccccc1)C(=O)O. The topological polar surface area (TPSA) is 200 Å². The van der Waals surface area contributed by atoms with Crippen LogP contribution in [0, 0.1) is 5.92 Å². The number of phenolic OH excluding ortho intramolecular Hbond substituents is 1. The van der Waals surface area contributed by atoms with E-state index < -0.39 is 47.9 Å². The molecule has 3 aromatic rings. The van der Waals surface area contributed by atoms with Gasteiger partial charge in [-0.3, -0.25) is 14.4 Å². The molecule has 1 aromatic heterocycles. The normalized spacial score (nSPS) is 13.9. The molecule has 0 saturated heterocycles. The third-order valence-electron chi connectivity index (χ3n) is 6.58. The molecular formula is C30H38N6O6. The highest BCUT2D eigenvalue weighted by Crippen LogP contribution is 2.13. The van der Waals surface area contributed by atoms with Crippen molar-refractivity contribution in [3.63, 3.8) is 0 Å². The van der Waals surface area contributed by atoms with Gasteiger partial charge in [0.2, 0.25) is 17.7 Å². The minimum absolute atomic E-state index is 0.0107. The van der Waals surface area contributed by atoms with E-state index >= 15 is 0 Å². The van der Waals surface area contributed by atoms with Crippen molar-refractivity contribution in [2.24, 2.45) is 11.7 Å². The van der Waals surface area contributed by atoms with Gasteiger partial charge >= 0.3 is 5.97 Å². The first-order valence-corrected chi connectivity index (χ1v) is 13.7. The molecule has 0 saturated carbocycles. The molecule has 3 rings (SSSR count). The van der Waals surface area contributed by atoms with Gasteiger partial charge in [-0.05, 0) is 35.6 Å². The summed E-state index contributed by atoms with van der Waals surface area (Å²) in [4.78, 5) is 58.6. The molecule has 0 aliphatic carbocycles. The molecule has 0 aliphatic heterocycles. The molecule has 0 spiro atoms. The van der Waals surface area contributed by atoms with E-state index in [1.165, 1.54) is 18.5 Å². The molecule has 0 bridgehead atoms. The van der Waals surface area contributed by atoms with E-state index in [2.05, 4.69) is 25.9 Å². The third kappa shape index (κ3) is 10.0. The van der Waals surface area contributed by atoms with E-state index in [0.717, 1.165) is 5.56 Å². The Labute approximate surface area is 244 Å². The minimum Gasteiger partial charge on any atom is -0.508 e. The Morgan fingerprint density at radius 3 is 1.98 bits per heavy atom. The van der Waals surface area contributed by atoms with E-state index in [-0.39, 0.29) is 37.4 Å². The van der Waals surface area contributed by atoms with Crippen LogP contribution in [0.4, 0.5) is 0 Å². The number of carbonyl (C=O) groups excluding carboxylic acids is 3. The van der Waals surface area contributed by atoms with Gasteiger partial charge in [0.25, 0.3) is 0 Å². The molecule has 42 heavy (non-hydrogen) atoms. The maximum Gasteiger partial charge on any atom is 0.326 e. The molecule has 2 aromatic carbocycles. The standard InChI is InChI=1S/C30H38N6O6/c1-18(2)12-24(34-27(38)23(31)15-21-16-32-17-33-21)28(39)35-25(13-20-8-10-22(37)11-9-20)29(40)36-26(30(41)42)14-19-6-4-3-5-7-19/h3-11,16-18,23-26,37H,12-15,31H2,1-2H3,(H,32,33)(H,34,38)(H,35,39)(H,36,40)(H,41,42). The first-order valence-electron chi connectivity index (χ1n) is 13.7. The lowest BCUT2D eigenvalue weighted by Crippen LogP contribution is -2.58. The Kier molecular flexibility index (Phi) is 11.6. The average Bonchev–Trinajstić information content (AvgIpc) is 3.46. The number of rotatable bonds is 15. The smallest absolute Gasteiger partial charge is 0.326 e. The van der Waals surface area contributed by atoms with Gasteiger partial charge in [-0.15, -0.1) is 0 Å². The molecule has 0 radical (unpaired) electrons. The van der Waals surface area contributed by atoms with Crippen LogP contribution in [0.1, 0.15) is 37.1 Å². The number of phenols is 1. The van der Waals surface area contributed by atoms with E-state index in [1.54, 1.807) is 48.7 Å². The van der Waals surface area contributed by atoms with Crippen LogP contribution in [0.25, 0.3) is 0 Å². The first-order chi connectivity index (χ1) is 20.0. The van der Waals surface area contributed by atoms with Crippen molar-refractivity contribution in [3.05, 3.63) is 83.9 Å². The predicted molar refractivity (Wildman–Crippen MR) is 155 cm³/mol. The van der Waals surface area contributed by atoms with Crippen molar-refractivity contribution in [1.29, 1.82) is 0 Å². The number of nitrogens with zero attached hydrogens (tertiary/aromatic N) is 1. The van der Waals surface area contributed by atoms with Crippen LogP contribution in [0.3, 0.4) is 0 Å². The second-order valence-electron chi connectivity index (χ2n) is 10.6. The van der Waals surface area contributed by atoms with Gasteiger partial charge in [-0.25, -0.2) is 9.78 Å². The maximum absolute atomic E-state index is 13.5. The number of aromatic amines is 1. The van der Waals surface area contributed by atoms with Crippen molar-refractivity contribution in [3.8, 4) is 5.75 Å². The Bertz CT molecular complexity index is 1310. The monoisotopic (exact) mass is 578 g/mol. The summed E-state index contributed by atoms with van der Waals surface area (Å²) in [5, 5.41) is 27.4. The zero-order valence-corrected chi connectivity index (χ0v) is 23.6. The van der Waals surface area contributed by atoms with Crippen molar-refractivity contribution < 1.29 is 29.4 Å². The molecule has 12 nitrogen and oxygen atoms in total. The van der Waals surface area contributed by atoms with Crippen LogP contribution in [-0.2, 0) is 38.4 Å². The Hall–Kier alpha value is -4.71. The molecule has 1 heterocycles. The molecule has 12 heteroatoms. The molecule has 0 fully saturated rings. The van der Waals surface area contributed by atoms with Crippen LogP contribution < -0.4 is 21.7 Å². The summed E-state index contributed by atoms with van der Waals surface area (Å²) < 4.78 is 0. The van der Waals surface area contributed by atoms with E-state index in [0.29, 0.717) is 11.3 Å². The quantitative estimate of drug-likeness (QED) is 0.139. The van der Waals surface area contributed by atoms with Crippen LogP contribution in [-0.4, -0.2) is 68.0 Å². The largest absolute Gasteiger partial charge is 0.508 e. The molecule has 4 atom stereocenters. The molecule has 3 amide bonds. The second-order valence-corrected chi connectivity index (χ2v) is 10.6. The number of aromatic nitrogens is 2. The summed E-state index contributed by atoms with van der Waals surface area (Å²) >= 11 is 0. The lowest BCUT2D eigenvalue weighted by atomic mass is 10.00. The Morgan fingerprint density at radius 2 is 1.38 bits per heavy atom. The number of carboxylic acids is 1. The van der Waals surface area contributed by atoms with Crippen LogP contribution in [0.5, 0.6) is 5.75 Å². The zero-order chi connectivity index (χ0) is 30.6. The van der Waals surface area contributed by atoms with Crippen LogP contribution in [0.2, 0.25) is 0 Å². The number of amides is 3. The van der Waals surface area contributed by atoms with Crippen molar-refractivity contribution in [2.75, 3.05) is 0 Å². The number of hydrogen-bond donors (Lipinski definition) is 7. The fourth-order valence-corrected chi connectivity index (χ4v) is 4.38. The number of carbonyl (C=O) groups is 4. The Balaban J connectivity index is 1.78. The third-order valence-corrected chi connectivity index (χ3v) is 6.58. The highest BCUT2D eigenvalue weighted by Gasteiger charge is 2.31. The van der Waals surface area contributed by atoms with Gasteiger partial charge < -0.3 is 36.9 Å². The number of imidazole rings is 1. The van der Waals surface area contributed by atoms with E-state index in [4.69, 9.17) is 5.73 Å². The minimum atomic E-state index is -1.24. The zero-order valence-electron chi connectivity index (χ0n) is 23.6. The number of nitrogens with two attached hydrogens (primary N) is 1. The summed E-state index contributed by atoms with van der Waals surface area (Å²) in [7, 11) is 0. The lowest BCUT2D eigenvalue weighted by Gasteiger charge is -2.26. The number of aromatic hydroxyl groups is 1. The summed E-state index contributed by atoms with van der Waals surface area (Å²) in [5.74, 6) is -3.04. The fourth-order valence-electron chi connectivity index (χ4n) is 4.38. The number of H-pyrrole nitrogens is 1. The molecular weight excluding hydrogens is 540 g/mol. The van der Waals surface area contributed by atoms with Crippen LogP contribution in [0.15, 0.2) is 67.1 Å². The van der Waals surface area contributed by atoms with E-state index in [9.17, 15) is 29.4 Å². The van der Waals surface area contributed by atoms with Crippen molar-refractivity contribution in [2.45, 2.75) is 63.7 Å². The van der Waals surface area contributed by atoms with Crippen LogP contribution >= 0.6 is 0 Å². The molecule has 224 valence electrons.